The van der Waals surface area contributed by atoms with Crippen molar-refractivity contribution in [1.82, 2.24) is 20.5 Å². The van der Waals surface area contributed by atoms with Crippen molar-refractivity contribution in [3.05, 3.63) is 59.8 Å². The number of rotatable bonds is 7. The van der Waals surface area contributed by atoms with Crippen LogP contribution in [0.5, 0.6) is 5.88 Å². The molecule has 1 saturated heterocycles. The van der Waals surface area contributed by atoms with Crippen LogP contribution in [-0.2, 0) is 13.1 Å². The number of hydrogen-bond acceptors (Lipinski definition) is 4. The van der Waals surface area contributed by atoms with E-state index < -0.39 is 12.8 Å². The van der Waals surface area contributed by atoms with Crippen molar-refractivity contribution in [2.45, 2.75) is 38.1 Å². The average Bonchev–Trinajstić information content (AvgIpc) is 2.77. The molecule has 0 radical (unpaired) electrons. The molecule has 2 heterocycles. The van der Waals surface area contributed by atoms with Gasteiger partial charge in [-0.05, 0) is 30.0 Å². The van der Waals surface area contributed by atoms with Crippen LogP contribution < -0.4 is 15.4 Å². The quantitative estimate of drug-likeness (QED) is 0.516. The lowest BCUT2D eigenvalue weighted by Crippen LogP contribution is -2.48. The highest BCUT2D eigenvalue weighted by Crippen LogP contribution is 2.18. The standard InChI is InChI=1S/C22H28F3N5O/c1-26-21(28-14-18-7-10-27-20(13-18)31-16-22(23,24)25)29-19-8-11-30(12-9-19)15-17-5-3-2-4-6-17/h2-7,10,13,19H,8-9,11-12,14-16H2,1H3,(H2,26,28,29). The molecule has 2 N–H and O–H groups in total. The zero-order valence-electron chi connectivity index (χ0n) is 17.5. The largest absolute Gasteiger partial charge is 0.468 e. The van der Waals surface area contributed by atoms with Crippen molar-refractivity contribution in [2.24, 2.45) is 4.99 Å². The fraction of sp³-hybridized carbons (Fsp3) is 0.455. The Morgan fingerprint density at radius 3 is 2.58 bits per heavy atom. The number of ether oxygens (including phenoxy) is 1. The van der Waals surface area contributed by atoms with Gasteiger partial charge in [-0.1, -0.05) is 30.3 Å². The summed E-state index contributed by atoms with van der Waals surface area (Å²) in [7, 11) is 1.70. The number of alkyl halides is 3. The van der Waals surface area contributed by atoms with E-state index in [0.717, 1.165) is 38.0 Å². The lowest BCUT2D eigenvalue weighted by Gasteiger charge is -2.33. The molecular formula is C22H28F3N5O. The second-order valence-corrected chi connectivity index (χ2v) is 7.51. The van der Waals surface area contributed by atoms with Gasteiger partial charge in [-0.2, -0.15) is 13.2 Å². The monoisotopic (exact) mass is 435 g/mol. The smallest absolute Gasteiger partial charge is 0.422 e. The summed E-state index contributed by atoms with van der Waals surface area (Å²) < 4.78 is 41.6. The number of likely N-dealkylation sites (tertiary alicyclic amines) is 1. The number of guanidine groups is 1. The second-order valence-electron chi connectivity index (χ2n) is 7.51. The van der Waals surface area contributed by atoms with E-state index in [-0.39, 0.29) is 5.88 Å². The Morgan fingerprint density at radius 1 is 1.16 bits per heavy atom. The molecule has 6 nitrogen and oxygen atoms in total. The number of nitrogens with one attached hydrogen (secondary N) is 2. The molecule has 9 heteroatoms. The van der Waals surface area contributed by atoms with Gasteiger partial charge in [-0.15, -0.1) is 0 Å². The van der Waals surface area contributed by atoms with Gasteiger partial charge in [0.1, 0.15) is 0 Å². The Balaban J connectivity index is 1.42. The third-order valence-electron chi connectivity index (χ3n) is 5.04. The van der Waals surface area contributed by atoms with Crippen molar-refractivity contribution >= 4 is 5.96 Å². The number of pyridine rings is 1. The summed E-state index contributed by atoms with van der Waals surface area (Å²) in [5.74, 6) is 0.612. The van der Waals surface area contributed by atoms with Gasteiger partial charge in [-0.25, -0.2) is 4.98 Å². The van der Waals surface area contributed by atoms with Crippen LogP contribution in [0, 0.1) is 0 Å². The third kappa shape index (κ3) is 8.09. The van der Waals surface area contributed by atoms with Crippen LogP contribution in [0.3, 0.4) is 0 Å². The Labute approximate surface area is 180 Å². The second kappa shape index (κ2) is 11.0. The van der Waals surface area contributed by atoms with Crippen molar-refractivity contribution < 1.29 is 17.9 Å². The SMILES string of the molecule is CN=C(NCc1ccnc(OCC(F)(F)F)c1)NC1CCN(Cc2ccccc2)CC1. The highest BCUT2D eigenvalue weighted by atomic mass is 19.4. The van der Waals surface area contributed by atoms with Crippen LogP contribution in [0.1, 0.15) is 24.0 Å². The highest BCUT2D eigenvalue weighted by Gasteiger charge is 2.28. The number of nitrogens with zero attached hydrogens (tertiary/aromatic N) is 3. The number of hydrogen-bond donors (Lipinski definition) is 2. The first-order valence-corrected chi connectivity index (χ1v) is 10.3. The summed E-state index contributed by atoms with van der Waals surface area (Å²) in [6.07, 6.45) is -0.934. The van der Waals surface area contributed by atoms with Crippen LogP contribution in [0.2, 0.25) is 0 Å². The van der Waals surface area contributed by atoms with Gasteiger partial charge in [0.15, 0.2) is 12.6 Å². The number of benzene rings is 1. The first-order chi connectivity index (χ1) is 14.9. The van der Waals surface area contributed by atoms with Gasteiger partial charge in [-0.3, -0.25) is 9.89 Å². The summed E-state index contributed by atoms with van der Waals surface area (Å²) >= 11 is 0. The first-order valence-electron chi connectivity index (χ1n) is 10.3. The molecule has 0 saturated carbocycles. The Bertz CT molecular complexity index is 837. The van der Waals surface area contributed by atoms with Crippen molar-refractivity contribution in [3.8, 4) is 5.88 Å². The topological polar surface area (TPSA) is 61.8 Å². The number of halogens is 3. The van der Waals surface area contributed by atoms with Crippen molar-refractivity contribution in [3.63, 3.8) is 0 Å². The van der Waals surface area contributed by atoms with Crippen LogP contribution in [0.25, 0.3) is 0 Å². The molecule has 0 spiro atoms. The molecule has 1 aliphatic rings. The summed E-state index contributed by atoms with van der Waals surface area (Å²) in [5, 5.41) is 6.64. The molecule has 0 amide bonds. The van der Waals surface area contributed by atoms with E-state index >= 15 is 0 Å². The fourth-order valence-corrected chi connectivity index (χ4v) is 3.45. The molecule has 3 rings (SSSR count). The van der Waals surface area contributed by atoms with E-state index in [4.69, 9.17) is 4.74 Å². The van der Waals surface area contributed by atoms with Gasteiger partial charge >= 0.3 is 6.18 Å². The molecule has 0 unspecified atom stereocenters. The molecule has 1 aliphatic heterocycles. The minimum atomic E-state index is -4.39. The number of aromatic nitrogens is 1. The zero-order valence-corrected chi connectivity index (χ0v) is 17.5. The molecule has 31 heavy (non-hydrogen) atoms. The molecule has 168 valence electrons. The minimum Gasteiger partial charge on any atom is -0.468 e. The van der Waals surface area contributed by atoms with E-state index in [1.54, 1.807) is 13.1 Å². The molecule has 0 bridgehead atoms. The van der Waals surface area contributed by atoms with Gasteiger partial charge in [0.2, 0.25) is 5.88 Å². The zero-order chi connectivity index (χ0) is 22.1. The summed E-state index contributed by atoms with van der Waals surface area (Å²) in [5.41, 5.74) is 2.08. The average molecular weight is 435 g/mol. The van der Waals surface area contributed by atoms with Crippen LogP contribution in [0.15, 0.2) is 53.7 Å². The molecule has 2 aromatic rings. The van der Waals surface area contributed by atoms with Crippen LogP contribution >= 0.6 is 0 Å². The molecule has 1 aromatic carbocycles. The maximum Gasteiger partial charge on any atom is 0.422 e. The molecule has 1 fully saturated rings. The minimum absolute atomic E-state index is 0.0506. The highest BCUT2D eigenvalue weighted by molar-refractivity contribution is 5.79. The van der Waals surface area contributed by atoms with Gasteiger partial charge < -0.3 is 15.4 Å². The summed E-state index contributed by atoms with van der Waals surface area (Å²) in [6.45, 7) is 2.02. The predicted molar refractivity (Wildman–Crippen MR) is 114 cm³/mol. The Hall–Kier alpha value is -2.81. The summed E-state index contributed by atoms with van der Waals surface area (Å²) in [4.78, 5) is 10.5. The Kier molecular flexibility index (Phi) is 8.11. The Morgan fingerprint density at radius 2 is 1.90 bits per heavy atom. The molecule has 1 aromatic heterocycles. The lowest BCUT2D eigenvalue weighted by atomic mass is 10.0. The lowest BCUT2D eigenvalue weighted by molar-refractivity contribution is -0.154. The summed E-state index contributed by atoms with van der Waals surface area (Å²) in [6, 6.07) is 14.0. The molecule has 0 atom stereocenters. The predicted octanol–water partition coefficient (Wildman–Crippen LogP) is 3.35. The van der Waals surface area contributed by atoms with E-state index in [0.29, 0.717) is 18.5 Å². The van der Waals surface area contributed by atoms with Crippen LogP contribution in [0.4, 0.5) is 13.2 Å². The first kappa shape index (κ1) is 22.9. The van der Waals surface area contributed by atoms with E-state index in [1.807, 2.05) is 6.07 Å². The maximum absolute atomic E-state index is 12.3. The van der Waals surface area contributed by atoms with E-state index in [1.165, 1.54) is 17.8 Å². The number of piperidine rings is 1. The van der Waals surface area contributed by atoms with E-state index in [2.05, 4.69) is 49.8 Å². The van der Waals surface area contributed by atoms with Crippen molar-refractivity contribution in [2.75, 3.05) is 26.7 Å². The fourth-order valence-electron chi connectivity index (χ4n) is 3.45. The van der Waals surface area contributed by atoms with E-state index in [9.17, 15) is 13.2 Å². The van der Waals surface area contributed by atoms with Crippen LogP contribution in [-0.4, -0.2) is 54.8 Å². The maximum atomic E-state index is 12.3. The molecule has 0 aliphatic carbocycles. The third-order valence-corrected chi connectivity index (χ3v) is 5.04. The molecular weight excluding hydrogens is 407 g/mol. The number of aliphatic imine (C=N–C) groups is 1. The van der Waals surface area contributed by atoms with Crippen molar-refractivity contribution in [1.29, 1.82) is 0 Å². The van der Waals surface area contributed by atoms with Gasteiger partial charge in [0.05, 0.1) is 0 Å². The van der Waals surface area contributed by atoms with Gasteiger partial charge in [0.25, 0.3) is 0 Å². The van der Waals surface area contributed by atoms with Gasteiger partial charge in [0, 0.05) is 51.5 Å². The normalized spacial score (nSPS) is 16.2.